The molecule has 86 valence electrons. The van der Waals surface area contributed by atoms with Crippen molar-refractivity contribution in [1.29, 1.82) is 0 Å². The van der Waals surface area contributed by atoms with E-state index in [4.69, 9.17) is 5.11 Å². The first-order valence-electron chi connectivity index (χ1n) is 4.90. The van der Waals surface area contributed by atoms with Crippen molar-refractivity contribution in [2.75, 3.05) is 11.9 Å². The van der Waals surface area contributed by atoms with E-state index in [9.17, 15) is 9.59 Å². The molecule has 0 spiro atoms. The maximum atomic E-state index is 11.3. The van der Waals surface area contributed by atoms with Gasteiger partial charge in [-0.15, -0.1) is 0 Å². The van der Waals surface area contributed by atoms with Gasteiger partial charge in [-0.05, 0) is 19.1 Å². The number of para-hydroxylation sites is 1. The quantitative estimate of drug-likeness (QED) is 0.684. The van der Waals surface area contributed by atoms with Gasteiger partial charge >= 0.3 is 5.97 Å². The zero-order valence-electron chi connectivity index (χ0n) is 8.93. The van der Waals surface area contributed by atoms with E-state index in [1.165, 1.54) is 6.92 Å². The average Bonchev–Trinajstić information content (AvgIpc) is 2.27. The number of carbonyl (C=O) groups is 2. The number of hydrogen-bond acceptors (Lipinski definition) is 3. The summed E-state index contributed by atoms with van der Waals surface area (Å²) in [5, 5.41) is 13.8. The molecule has 0 aliphatic rings. The molecule has 0 saturated heterocycles. The number of hydrogen-bond donors (Lipinski definition) is 3. The van der Waals surface area contributed by atoms with Crippen LogP contribution in [0.2, 0.25) is 0 Å². The van der Waals surface area contributed by atoms with Crippen LogP contribution in [-0.2, 0) is 9.59 Å². The fourth-order valence-corrected chi connectivity index (χ4v) is 1.09. The third-order valence-electron chi connectivity index (χ3n) is 1.97. The summed E-state index contributed by atoms with van der Waals surface area (Å²) in [6.45, 7) is 1.48. The van der Waals surface area contributed by atoms with Gasteiger partial charge in [-0.3, -0.25) is 9.59 Å². The Labute approximate surface area is 93.5 Å². The van der Waals surface area contributed by atoms with E-state index in [1.807, 2.05) is 30.3 Å². The van der Waals surface area contributed by atoms with E-state index in [0.717, 1.165) is 5.69 Å². The van der Waals surface area contributed by atoms with Crippen LogP contribution in [0.1, 0.15) is 6.92 Å². The molecule has 0 fully saturated rings. The van der Waals surface area contributed by atoms with E-state index in [1.54, 1.807) is 0 Å². The average molecular weight is 222 g/mol. The summed E-state index contributed by atoms with van der Waals surface area (Å²) in [6, 6.07) is 8.35. The summed E-state index contributed by atoms with van der Waals surface area (Å²) >= 11 is 0. The second-order valence-electron chi connectivity index (χ2n) is 3.35. The molecular weight excluding hydrogens is 208 g/mol. The van der Waals surface area contributed by atoms with Crippen LogP contribution < -0.4 is 10.6 Å². The molecule has 5 heteroatoms. The Morgan fingerprint density at radius 2 is 1.94 bits per heavy atom. The lowest BCUT2D eigenvalue weighted by Gasteiger charge is -2.10. The number of carboxylic acid groups (broad SMARTS) is 1. The topological polar surface area (TPSA) is 78.4 Å². The van der Waals surface area contributed by atoms with E-state index in [0.29, 0.717) is 0 Å². The lowest BCUT2D eigenvalue weighted by molar-refractivity contribution is -0.141. The first-order chi connectivity index (χ1) is 7.59. The van der Waals surface area contributed by atoms with Crippen LogP contribution in [0.4, 0.5) is 5.69 Å². The Hall–Kier alpha value is -2.04. The molecule has 0 bridgehead atoms. The van der Waals surface area contributed by atoms with Crippen LogP contribution in [-0.4, -0.2) is 29.6 Å². The Morgan fingerprint density at radius 1 is 1.31 bits per heavy atom. The number of aliphatic carboxylic acids is 1. The van der Waals surface area contributed by atoms with E-state index < -0.39 is 12.0 Å². The molecule has 1 amide bonds. The Balaban J connectivity index is 2.33. The van der Waals surface area contributed by atoms with Crippen LogP contribution in [0, 0.1) is 0 Å². The molecule has 0 unspecified atom stereocenters. The highest BCUT2D eigenvalue weighted by Crippen LogP contribution is 2.03. The Bertz CT molecular complexity index is 365. The second-order valence-corrected chi connectivity index (χ2v) is 3.35. The van der Waals surface area contributed by atoms with Crippen LogP contribution in [0.5, 0.6) is 0 Å². The molecule has 0 aliphatic carbocycles. The predicted molar refractivity (Wildman–Crippen MR) is 60.2 cm³/mol. The van der Waals surface area contributed by atoms with Gasteiger partial charge in [-0.2, -0.15) is 0 Å². The summed E-state index contributed by atoms with van der Waals surface area (Å²) in [6.07, 6.45) is 0. The molecule has 1 aromatic carbocycles. The van der Waals surface area contributed by atoms with Gasteiger partial charge in [-0.1, -0.05) is 18.2 Å². The summed E-state index contributed by atoms with van der Waals surface area (Å²) in [5.74, 6) is -1.40. The molecule has 1 aromatic rings. The zero-order chi connectivity index (χ0) is 12.0. The fourth-order valence-electron chi connectivity index (χ4n) is 1.09. The Morgan fingerprint density at radius 3 is 2.50 bits per heavy atom. The van der Waals surface area contributed by atoms with Crippen LogP contribution in [0.15, 0.2) is 30.3 Å². The molecule has 1 atom stereocenters. The number of anilines is 1. The van der Waals surface area contributed by atoms with Gasteiger partial charge in [0.05, 0.1) is 6.54 Å². The van der Waals surface area contributed by atoms with Crippen molar-refractivity contribution in [2.24, 2.45) is 0 Å². The SMILES string of the molecule is C[C@@H](NC(=O)CNc1ccccc1)C(=O)O. The van der Waals surface area contributed by atoms with Gasteiger partial charge in [0, 0.05) is 5.69 Å². The highest BCUT2D eigenvalue weighted by molar-refractivity contribution is 5.85. The summed E-state index contributed by atoms with van der Waals surface area (Å²) in [7, 11) is 0. The zero-order valence-corrected chi connectivity index (χ0v) is 8.93. The number of benzene rings is 1. The maximum Gasteiger partial charge on any atom is 0.325 e. The van der Waals surface area contributed by atoms with Gasteiger partial charge in [0.15, 0.2) is 0 Å². The summed E-state index contributed by atoms with van der Waals surface area (Å²) in [4.78, 5) is 21.8. The number of carbonyl (C=O) groups excluding carboxylic acids is 1. The highest BCUT2D eigenvalue weighted by atomic mass is 16.4. The monoisotopic (exact) mass is 222 g/mol. The number of carboxylic acids is 1. The maximum absolute atomic E-state index is 11.3. The third kappa shape index (κ3) is 4.00. The minimum atomic E-state index is -1.05. The van der Waals surface area contributed by atoms with Crippen molar-refractivity contribution in [1.82, 2.24) is 5.32 Å². The van der Waals surface area contributed by atoms with E-state index in [2.05, 4.69) is 10.6 Å². The van der Waals surface area contributed by atoms with Crippen molar-refractivity contribution in [3.63, 3.8) is 0 Å². The molecule has 1 rings (SSSR count). The molecule has 16 heavy (non-hydrogen) atoms. The van der Waals surface area contributed by atoms with E-state index in [-0.39, 0.29) is 12.5 Å². The summed E-state index contributed by atoms with van der Waals surface area (Å²) < 4.78 is 0. The molecule has 0 aromatic heterocycles. The second kappa shape index (κ2) is 5.75. The number of rotatable bonds is 5. The molecule has 0 heterocycles. The molecule has 0 radical (unpaired) electrons. The van der Waals surface area contributed by atoms with Crippen LogP contribution in [0.3, 0.4) is 0 Å². The normalized spacial score (nSPS) is 11.6. The van der Waals surface area contributed by atoms with Gasteiger partial charge in [0.25, 0.3) is 0 Å². The van der Waals surface area contributed by atoms with Crippen molar-refractivity contribution in [2.45, 2.75) is 13.0 Å². The first-order valence-corrected chi connectivity index (χ1v) is 4.90. The minimum Gasteiger partial charge on any atom is -0.480 e. The third-order valence-corrected chi connectivity index (χ3v) is 1.97. The van der Waals surface area contributed by atoms with Crippen LogP contribution in [0.25, 0.3) is 0 Å². The van der Waals surface area contributed by atoms with Crippen molar-refractivity contribution >= 4 is 17.6 Å². The first kappa shape index (κ1) is 12.0. The number of amides is 1. The van der Waals surface area contributed by atoms with Gasteiger partial charge in [0.2, 0.25) is 5.91 Å². The number of nitrogens with one attached hydrogen (secondary N) is 2. The standard InChI is InChI=1S/C11H14N2O3/c1-8(11(15)16)13-10(14)7-12-9-5-3-2-4-6-9/h2-6,8,12H,7H2,1H3,(H,13,14)(H,15,16)/t8-/m1/s1. The van der Waals surface area contributed by atoms with Crippen molar-refractivity contribution in [3.8, 4) is 0 Å². The molecule has 5 nitrogen and oxygen atoms in total. The van der Waals surface area contributed by atoms with Gasteiger partial charge in [0.1, 0.15) is 6.04 Å². The van der Waals surface area contributed by atoms with Gasteiger partial charge < -0.3 is 15.7 Å². The molecule has 0 saturated carbocycles. The lowest BCUT2D eigenvalue weighted by atomic mass is 10.3. The predicted octanol–water partition coefficient (Wildman–Crippen LogP) is 0.688. The molecule has 3 N–H and O–H groups in total. The lowest BCUT2D eigenvalue weighted by Crippen LogP contribution is -2.41. The van der Waals surface area contributed by atoms with E-state index >= 15 is 0 Å². The van der Waals surface area contributed by atoms with Crippen LogP contribution >= 0.6 is 0 Å². The highest BCUT2D eigenvalue weighted by Gasteiger charge is 2.13. The molecule has 0 aliphatic heterocycles. The fraction of sp³-hybridized carbons (Fsp3) is 0.273. The largest absolute Gasteiger partial charge is 0.480 e. The Kier molecular flexibility index (Phi) is 4.32. The van der Waals surface area contributed by atoms with Crippen molar-refractivity contribution < 1.29 is 14.7 Å². The summed E-state index contributed by atoms with van der Waals surface area (Å²) in [5.41, 5.74) is 0.820. The molecular formula is C11H14N2O3. The van der Waals surface area contributed by atoms with Gasteiger partial charge in [-0.25, -0.2) is 0 Å². The smallest absolute Gasteiger partial charge is 0.325 e. The van der Waals surface area contributed by atoms with Crippen molar-refractivity contribution in [3.05, 3.63) is 30.3 Å². The minimum absolute atomic E-state index is 0.0572.